The normalized spacial score (nSPS) is 23.0. The quantitative estimate of drug-likeness (QED) is 0.758. The number of nitrogens with one attached hydrogen (secondary N) is 1. The number of thioether (sulfide) groups is 1. The van der Waals surface area contributed by atoms with E-state index in [1.807, 2.05) is 11.8 Å². The lowest BCUT2D eigenvalue weighted by molar-refractivity contribution is 0.459. The Labute approximate surface area is 158 Å². The van der Waals surface area contributed by atoms with Crippen LogP contribution in [0.4, 0.5) is 0 Å². The second kappa shape index (κ2) is 7.08. The summed E-state index contributed by atoms with van der Waals surface area (Å²) in [6.07, 6.45) is 2.49. The van der Waals surface area contributed by atoms with Gasteiger partial charge in [0.05, 0.1) is 11.1 Å². The van der Waals surface area contributed by atoms with Gasteiger partial charge >= 0.3 is 0 Å². The molecule has 2 nitrogen and oxygen atoms in total. The van der Waals surface area contributed by atoms with Crippen LogP contribution in [0.3, 0.4) is 0 Å². The van der Waals surface area contributed by atoms with Gasteiger partial charge < -0.3 is 5.32 Å². The number of hydrogen-bond acceptors (Lipinski definition) is 3. The summed E-state index contributed by atoms with van der Waals surface area (Å²) < 4.78 is 0. The van der Waals surface area contributed by atoms with E-state index in [-0.39, 0.29) is 10.8 Å². The largest absolute Gasteiger partial charge is 0.317 e. The summed E-state index contributed by atoms with van der Waals surface area (Å²) >= 11 is 2.00. The number of piperidine rings is 1. The van der Waals surface area contributed by atoms with Crippen molar-refractivity contribution >= 4 is 16.8 Å². The zero-order valence-electron chi connectivity index (χ0n) is 16.8. The van der Waals surface area contributed by atoms with Gasteiger partial charge in [-0.2, -0.15) is 0 Å². The number of hydrogen-bond donors (Lipinski definition) is 1. The minimum Gasteiger partial charge on any atom is -0.317 e. The Balaban J connectivity index is 1.92. The molecule has 3 rings (SSSR count). The van der Waals surface area contributed by atoms with E-state index in [9.17, 15) is 0 Å². The lowest BCUT2D eigenvalue weighted by atomic mass is 9.79. The van der Waals surface area contributed by atoms with Gasteiger partial charge in [-0.3, -0.25) is 4.99 Å². The van der Waals surface area contributed by atoms with E-state index in [1.54, 1.807) is 0 Å². The zero-order chi connectivity index (χ0) is 18.2. The third kappa shape index (κ3) is 4.49. The highest BCUT2D eigenvalue weighted by atomic mass is 32.2. The topological polar surface area (TPSA) is 24.4 Å². The first-order valence-corrected chi connectivity index (χ1v) is 10.7. The second-order valence-corrected chi connectivity index (χ2v) is 10.7. The fourth-order valence-electron chi connectivity index (χ4n) is 3.57. The molecule has 0 spiro atoms. The molecule has 1 fully saturated rings. The van der Waals surface area contributed by atoms with E-state index in [2.05, 4.69) is 65.1 Å². The van der Waals surface area contributed by atoms with Crippen molar-refractivity contribution in [2.75, 3.05) is 18.8 Å². The van der Waals surface area contributed by atoms with Crippen LogP contribution in [0.15, 0.2) is 23.2 Å². The number of rotatable bonds is 2. The minimum absolute atomic E-state index is 0.170. The summed E-state index contributed by atoms with van der Waals surface area (Å²) in [6, 6.07) is 7.56. The van der Waals surface area contributed by atoms with E-state index in [0.29, 0.717) is 12.0 Å². The molecule has 1 saturated heterocycles. The first kappa shape index (κ1) is 19.0. The van der Waals surface area contributed by atoms with Gasteiger partial charge in [0.15, 0.2) is 0 Å². The lowest BCUT2D eigenvalue weighted by Crippen LogP contribution is -2.30. The van der Waals surface area contributed by atoms with Crippen LogP contribution < -0.4 is 5.32 Å². The molecule has 2 aliphatic rings. The molecule has 1 aromatic carbocycles. The average Bonchev–Trinajstić information content (AvgIpc) is 3.04. The van der Waals surface area contributed by atoms with Gasteiger partial charge in [-0.1, -0.05) is 59.7 Å². The summed E-state index contributed by atoms with van der Waals surface area (Å²) in [5, 5.41) is 4.87. The van der Waals surface area contributed by atoms with Crippen LogP contribution in [0, 0.1) is 5.92 Å². The van der Waals surface area contributed by atoms with Crippen molar-refractivity contribution in [2.24, 2.45) is 10.9 Å². The molecule has 0 amide bonds. The Morgan fingerprint density at radius 2 is 1.48 bits per heavy atom. The molecular weight excluding hydrogens is 324 g/mol. The maximum Gasteiger partial charge on any atom is 0.0853 e. The molecule has 0 saturated carbocycles. The van der Waals surface area contributed by atoms with Crippen LogP contribution in [0.1, 0.15) is 77.1 Å². The highest BCUT2D eigenvalue weighted by Crippen LogP contribution is 2.38. The highest BCUT2D eigenvalue weighted by Gasteiger charge is 2.29. The fraction of sp³-hybridized carbons (Fsp3) is 0.682. The van der Waals surface area contributed by atoms with Gasteiger partial charge in [-0.05, 0) is 53.5 Å². The standard InChI is InChI=1S/C22H34N2S/c1-21(2,3)17-11-16(12-18(13-17)22(4,5)6)19-14-25-20(24-19)15-7-9-23-10-8-15/h11-13,15,19,23H,7-10,14H2,1-6H3. The molecule has 2 heterocycles. The van der Waals surface area contributed by atoms with Crippen molar-refractivity contribution in [1.82, 2.24) is 5.32 Å². The first-order chi connectivity index (χ1) is 11.6. The third-order valence-corrected chi connectivity index (χ3v) is 6.65. The molecule has 2 aliphatic heterocycles. The fourth-order valence-corrected chi connectivity index (χ4v) is 4.83. The van der Waals surface area contributed by atoms with Crippen molar-refractivity contribution in [3.63, 3.8) is 0 Å². The van der Waals surface area contributed by atoms with E-state index in [0.717, 1.165) is 18.8 Å². The summed E-state index contributed by atoms with van der Waals surface area (Å²) in [7, 11) is 0. The van der Waals surface area contributed by atoms with Crippen LogP contribution >= 0.6 is 11.8 Å². The Kier molecular flexibility index (Phi) is 5.37. The molecule has 138 valence electrons. The van der Waals surface area contributed by atoms with Gasteiger partial charge in [-0.25, -0.2) is 0 Å². The molecule has 1 aromatic rings. The van der Waals surface area contributed by atoms with E-state index < -0.39 is 0 Å². The lowest BCUT2D eigenvalue weighted by Gasteiger charge is -2.27. The zero-order valence-corrected chi connectivity index (χ0v) is 17.6. The van der Waals surface area contributed by atoms with E-state index in [4.69, 9.17) is 4.99 Å². The summed E-state index contributed by atoms with van der Waals surface area (Å²) in [4.78, 5) is 5.18. The van der Waals surface area contributed by atoms with Gasteiger partial charge in [-0.15, -0.1) is 11.8 Å². The Hall–Kier alpha value is -0.800. The first-order valence-electron chi connectivity index (χ1n) is 9.72. The summed E-state index contributed by atoms with van der Waals surface area (Å²) in [5.41, 5.74) is 4.62. The predicted octanol–water partition coefficient (Wildman–Crippen LogP) is 5.47. The van der Waals surface area contributed by atoms with Crippen molar-refractivity contribution in [2.45, 2.75) is 71.3 Å². The van der Waals surface area contributed by atoms with E-state index in [1.165, 1.54) is 34.6 Å². The molecule has 25 heavy (non-hydrogen) atoms. The maximum atomic E-state index is 5.18. The van der Waals surface area contributed by atoms with Gasteiger partial charge in [0, 0.05) is 11.7 Å². The van der Waals surface area contributed by atoms with E-state index >= 15 is 0 Å². The number of benzene rings is 1. The van der Waals surface area contributed by atoms with Crippen LogP contribution in [-0.2, 0) is 10.8 Å². The van der Waals surface area contributed by atoms with Crippen LogP contribution in [0.5, 0.6) is 0 Å². The monoisotopic (exact) mass is 358 g/mol. The molecule has 0 radical (unpaired) electrons. The highest BCUT2D eigenvalue weighted by molar-refractivity contribution is 8.14. The SMILES string of the molecule is CC(C)(C)c1cc(C2CSC(C3CCNCC3)=N2)cc(C(C)(C)C)c1. The minimum atomic E-state index is 0.170. The molecule has 1 N–H and O–H groups in total. The number of nitrogens with zero attached hydrogens (tertiary/aromatic N) is 1. The van der Waals surface area contributed by atoms with Crippen LogP contribution in [-0.4, -0.2) is 23.9 Å². The van der Waals surface area contributed by atoms with Crippen LogP contribution in [0.2, 0.25) is 0 Å². The Morgan fingerprint density at radius 3 is 2.00 bits per heavy atom. The summed E-state index contributed by atoms with van der Waals surface area (Å²) in [6.45, 7) is 16.2. The predicted molar refractivity (Wildman–Crippen MR) is 112 cm³/mol. The Bertz CT molecular complexity index is 611. The molecule has 0 bridgehead atoms. The van der Waals surface area contributed by atoms with Crippen LogP contribution in [0.25, 0.3) is 0 Å². The molecule has 1 unspecified atom stereocenters. The van der Waals surface area contributed by atoms with Gasteiger partial charge in [0.1, 0.15) is 0 Å². The van der Waals surface area contributed by atoms with Crippen molar-refractivity contribution in [3.8, 4) is 0 Å². The van der Waals surface area contributed by atoms with Crippen molar-refractivity contribution in [3.05, 3.63) is 34.9 Å². The van der Waals surface area contributed by atoms with Gasteiger partial charge in [0.25, 0.3) is 0 Å². The smallest absolute Gasteiger partial charge is 0.0853 e. The van der Waals surface area contributed by atoms with Crippen molar-refractivity contribution in [1.29, 1.82) is 0 Å². The molecular formula is C22H34N2S. The third-order valence-electron chi connectivity index (χ3n) is 5.43. The molecule has 0 aromatic heterocycles. The molecule has 0 aliphatic carbocycles. The second-order valence-electron chi connectivity index (χ2n) is 9.66. The number of aliphatic imine (C=N–C) groups is 1. The van der Waals surface area contributed by atoms with Crippen molar-refractivity contribution < 1.29 is 0 Å². The Morgan fingerprint density at radius 1 is 0.920 bits per heavy atom. The average molecular weight is 359 g/mol. The van der Waals surface area contributed by atoms with Gasteiger partial charge in [0.2, 0.25) is 0 Å². The maximum absolute atomic E-state index is 5.18. The molecule has 1 atom stereocenters. The summed E-state index contributed by atoms with van der Waals surface area (Å²) in [5.74, 6) is 1.79. The molecule has 3 heteroatoms.